The quantitative estimate of drug-likeness (QED) is 0.600. The summed E-state index contributed by atoms with van der Waals surface area (Å²) in [5.41, 5.74) is -0.0250. The Bertz CT molecular complexity index is 1240. The lowest BCUT2D eigenvalue weighted by Crippen LogP contribution is -2.47. The third-order valence-corrected chi connectivity index (χ3v) is 5.66. The van der Waals surface area contributed by atoms with Crippen molar-refractivity contribution in [3.63, 3.8) is 0 Å². The molecule has 2 aromatic rings. The van der Waals surface area contributed by atoms with E-state index in [4.69, 9.17) is 23.2 Å². The lowest BCUT2D eigenvalue weighted by atomic mass is 9.92. The van der Waals surface area contributed by atoms with Gasteiger partial charge in [-0.15, -0.1) is 0 Å². The summed E-state index contributed by atoms with van der Waals surface area (Å²) < 4.78 is 0. The molecule has 12 heteroatoms. The minimum absolute atomic E-state index is 0.0717. The van der Waals surface area contributed by atoms with E-state index in [2.05, 4.69) is 20.3 Å². The van der Waals surface area contributed by atoms with Crippen molar-refractivity contribution < 1.29 is 24.6 Å². The highest BCUT2D eigenvalue weighted by atomic mass is 35.5. The monoisotopic (exact) mass is 487 g/mol. The summed E-state index contributed by atoms with van der Waals surface area (Å²) in [5.74, 6) is -3.41. The van der Waals surface area contributed by atoms with Crippen molar-refractivity contribution in [2.75, 3.05) is 12.4 Å². The van der Waals surface area contributed by atoms with Crippen LogP contribution >= 0.6 is 23.2 Å². The highest BCUT2D eigenvalue weighted by Crippen LogP contribution is 2.36. The third kappa shape index (κ3) is 4.30. The lowest BCUT2D eigenvalue weighted by Gasteiger charge is -2.36. The fourth-order valence-corrected chi connectivity index (χ4v) is 4.09. The number of nitrogens with one attached hydrogen (secondary N) is 1. The number of anilines is 1. The normalized spacial score (nSPS) is 19.5. The van der Waals surface area contributed by atoms with Crippen LogP contribution in [0.25, 0.3) is 5.57 Å². The summed E-state index contributed by atoms with van der Waals surface area (Å²) in [6.07, 6.45) is 2.63. The number of benzene rings is 1. The van der Waals surface area contributed by atoms with E-state index >= 15 is 0 Å². The molecule has 2 unspecified atom stereocenters. The number of likely N-dealkylation sites (N-methyl/N-ethyl adjacent to an activating group) is 1. The smallest absolute Gasteiger partial charge is 0.354 e. The van der Waals surface area contributed by atoms with Gasteiger partial charge in [0.15, 0.2) is 11.4 Å². The number of pyridine rings is 1. The predicted octanol–water partition coefficient (Wildman–Crippen LogP) is 3.14. The molecule has 2 aliphatic rings. The van der Waals surface area contributed by atoms with Gasteiger partial charge in [-0.2, -0.15) is 0 Å². The fraction of sp³-hybridized carbons (Fsp3) is 0.143. The van der Waals surface area contributed by atoms with E-state index in [1.807, 2.05) is 0 Å². The topological polar surface area (TPSA) is 145 Å². The number of amides is 1. The second kappa shape index (κ2) is 8.64. The van der Waals surface area contributed by atoms with E-state index in [-0.39, 0.29) is 23.5 Å². The number of hydrogen-bond acceptors (Lipinski definition) is 7. The van der Waals surface area contributed by atoms with E-state index in [9.17, 15) is 24.6 Å². The van der Waals surface area contributed by atoms with Crippen LogP contribution in [0.2, 0.25) is 10.0 Å². The van der Waals surface area contributed by atoms with Gasteiger partial charge >= 0.3 is 11.9 Å². The van der Waals surface area contributed by atoms with Gasteiger partial charge < -0.3 is 20.4 Å². The number of carbonyl (C=O) groups excluding carboxylic acids is 1. The summed E-state index contributed by atoms with van der Waals surface area (Å²) in [6.45, 7) is 0. The van der Waals surface area contributed by atoms with E-state index in [0.717, 1.165) is 12.1 Å². The SMILES string of the molecule is CN1C(=O)C(c2c(Cl)cccc2Cl)=CC2C=NC(Nc3cc(C(=O)O)nc(C(=O)O)c3)=NC21. The van der Waals surface area contributed by atoms with E-state index in [1.54, 1.807) is 37.5 Å². The molecule has 0 aliphatic carbocycles. The molecule has 0 fully saturated rings. The first kappa shape index (κ1) is 22.4. The largest absolute Gasteiger partial charge is 0.477 e. The average molecular weight is 488 g/mol. The molecule has 2 aliphatic heterocycles. The number of carboxylic acid groups (broad SMARTS) is 2. The molecule has 3 heterocycles. The zero-order valence-corrected chi connectivity index (χ0v) is 18.4. The Hall–Kier alpha value is -3.76. The molecule has 4 rings (SSSR count). The van der Waals surface area contributed by atoms with Gasteiger partial charge in [-0.3, -0.25) is 4.79 Å². The van der Waals surface area contributed by atoms with Gasteiger partial charge in [0.1, 0.15) is 6.17 Å². The number of hydrogen-bond donors (Lipinski definition) is 3. The number of carboxylic acids is 2. The number of fused-ring (bicyclic) bond motifs is 1. The van der Waals surface area contributed by atoms with Crippen molar-refractivity contribution in [3.05, 3.63) is 63.4 Å². The molecule has 0 saturated heterocycles. The number of aromatic carboxylic acids is 2. The van der Waals surface area contributed by atoms with Crippen molar-refractivity contribution in [2.24, 2.45) is 15.9 Å². The second-order valence-corrected chi connectivity index (χ2v) is 7.99. The molecule has 1 aromatic carbocycles. The molecule has 0 spiro atoms. The number of carbonyl (C=O) groups is 3. The second-order valence-electron chi connectivity index (χ2n) is 7.18. The minimum Gasteiger partial charge on any atom is -0.477 e. The summed E-state index contributed by atoms with van der Waals surface area (Å²) in [6, 6.07) is 7.29. The first-order chi connectivity index (χ1) is 15.7. The van der Waals surface area contributed by atoms with Crippen LogP contribution < -0.4 is 5.32 Å². The van der Waals surface area contributed by atoms with Gasteiger partial charge in [-0.1, -0.05) is 35.3 Å². The van der Waals surface area contributed by atoms with Crippen LogP contribution in [0, 0.1) is 5.92 Å². The molecule has 10 nitrogen and oxygen atoms in total. The number of halogens is 2. The maximum absolute atomic E-state index is 13.1. The van der Waals surface area contributed by atoms with Gasteiger partial charge in [0.2, 0.25) is 5.96 Å². The molecule has 0 saturated carbocycles. The molecular formula is C21H15Cl2N5O5. The standard InChI is InChI=1S/C21H15Cl2N5O5/c1-28-17-9(5-11(18(28)29)16-12(22)3-2-4-13(16)23)8-24-21(27-17)25-10-6-14(19(30)31)26-15(7-10)20(32)33/h2-9,17H,1H3,(H,30,31)(H,32,33)(H,25,26,27). The van der Waals surface area contributed by atoms with Crippen molar-refractivity contribution in [1.29, 1.82) is 0 Å². The molecular weight excluding hydrogens is 473 g/mol. The highest BCUT2D eigenvalue weighted by molar-refractivity contribution is 6.40. The van der Waals surface area contributed by atoms with Crippen LogP contribution in [0.15, 0.2) is 46.4 Å². The van der Waals surface area contributed by atoms with Gasteiger partial charge in [0.05, 0.1) is 16.0 Å². The summed E-state index contributed by atoms with van der Waals surface area (Å²) >= 11 is 12.6. The highest BCUT2D eigenvalue weighted by Gasteiger charge is 2.37. The number of guanidine groups is 1. The van der Waals surface area contributed by atoms with E-state index < -0.39 is 29.5 Å². The Kier molecular flexibility index (Phi) is 5.88. The summed E-state index contributed by atoms with van der Waals surface area (Å²) in [7, 11) is 1.58. The van der Waals surface area contributed by atoms with E-state index in [0.29, 0.717) is 21.2 Å². The van der Waals surface area contributed by atoms with Crippen LogP contribution in [0.3, 0.4) is 0 Å². The molecule has 2 atom stereocenters. The first-order valence-electron chi connectivity index (χ1n) is 9.46. The molecule has 168 valence electrons. The fourth-order valence-electron chi connectivity index (χ4n) is 3.49. The molecule has 3 N–H and O–H groups in total. The number of nitrogens with zero attached hydrogens (tertiary/aromatic N) is 4. The Morgan fingerprint density at radius 3 is 2.27 bits per heavy atom. The zero-order valence-electron chi connectivity index (χ0n) is 16.9. The Labute approximate surface area is 196 Å². The molecule has 1 aromatic heterocycles. The Morgan fingerprint density at radius 2 is 1.70 bits per heavy atom. The van der Waals surface area contributed by atoms with Crippen LogP contribution in [-0.2, 0) is 4.79 Å². The summed E-state index contributed by atoms with van der Waals surface area (Å²) in [4.78, 5) is 49.3. The molecule has 33 heavy (non-hydrogen) atoms. The zero-order chi connectivity index (χ0) is 23.9. The van der Waals surface area contributed by atoms with Crippen LogP contribution in [-0.4, -0.2) is 63.3 Å². The molecule has 1 amide bonds. The molecule has 0 radical (unpaired) electrons. The maximum atomic E-state index is 13.1. The Morgan fingerprint density at radius 1 is 1.09 bits per heavy atom. The van der Waals surface area contributed by atoms with Crippen molar-refractivity contribution in [2.45, 2.75) is 6.17 Å². The third-order valence-electron chi connectivity index (χ3n) is 5.03. The van der Waals surface area contributed by atoms with E-state index in [1.165, 1.54) is 4.90 Å². The van der Waals surface area contributed by atoms with Gasteiger partial charge in [0.25, 0.3) is 5.91 Å². The number of aromatic nitrogens is 1. The average Bonchev–Trinajstić information content (AvgIpc) is 2.77. The van der Waals surface area contributed by atoms with Gasteiger partial charge in [-0.25, -0.2) is 24.6 Å². The first-order valence-corrected chi connectivity index (χ1v) is 10.2. The lowest BCUT2D eigenvalue weighted by molar-refractivity contribution is -0.126. The maximum Gasteiger partial charge on any atom is 0.354 e. The number of rotatable bonds is 4. The van der Waals surface area contributed by atoms with Crippen LogP contribution in [0.1, 0.15) is 26.5 Å². The Balaban J connectivity index is 1.66. The predicted molar refractivity (Wildman–Crippen MR) is 122 cm³/mol. The minimum atomic E-state index is -1.39. The van der Waals surface area contributed by atoms with Crippen LogP contribution in [0.5, 0.6) is 0 Å². The van der Waals surface area contributed by atoms with Gasteiger partial charge in [-0.05, 0) is 24.3 Å². The molecule has 0 bridgehead atoms. The summed E-state index contributed by atoms with van der Waals surface area (Å²) in [5, 5.41) is 21.8. The van der Waals surface area contributed by atoms with Crippen molar-refractivity contribution in [1.82, 2.24) is 9.88 Å². The number of aliphatic imine (C=N–C) groups is 2. The van der Waals surface area contributed by atoms with Crippen molar-refractivity contribution in [3.8, 4) is 0 Å². The van der Waals surface area contributed by atoms with Gasteiger partial charge in [0, 0.05) is 30.1 Å². The van der Waals surface area contributed by atoms with Crippen molar-refractivity contribution >= 4 is 64.5 Å². The van der Waals surface area contributed by atoms with Crippen LogP contribution in [0.4, 0.5) is 5.69 Å².